The second kappa shape index (κ2) is 7.00. The van der Waals surface area contributed by atoms with E-state index in [4.69, 9.17) is 34.8 Å². The summed E-state index contributed by atoms with van der Waals surface area (Å²) >= 11 is 0. The summed E-state index contributed by atoms with van der Waals surface area (Å²) in [5.41, 5.74) is -0.791. The lowest BCUT2D eigenvalue weighted by molar-refractivity contribution is -0.111. The highest BCUT2D eigenvalue weighted by molar-refractivity contribution is 6.68. The zero-order valence-corrected chi connectivity index (χ0v) is 14.1. The van der Waals surface area contributed by atoms with E-state index in [0.29, 0.717) is 0 Å². The first-order chi connectivity index (χ1) is 12.9. The third-order valence-corrected chi connectivity index (χ3v) is 3.97. The second-order valence-electron chi connectivity index (χ2n) is 5.48. The predicted molar refractivity (Wildman–Crippen MR) is 94.0 cm³/mol. The van der Waals surface area contributed by atoms with Crippen LogP contribution in [0.5, 0.6) is 11.5 Å². The summed E-state index contributed by atoms with van der Waals surface area (Å²) in [6.07, 6.45) is 1.05. The van der Waals surface area contributed by atoms with Gasteiger partial charge in [0, 0.05) is 5.56 Å². The van der Waals surface area contributed by atoms with Crippen molar-refractivity contribution in [3.63, 3.8) is 0 Å². The van der Waals surface area contributed by atoms with Crippen LogP contribution in [0.25, 0.3) is 5.47 Å². The van der Waals surface area contributed by atoms with Gasteiger partial charge in [0.1, 0.15) is 33.8 Å². The fourth-order valence-corrected chi connectivity index (χ4v) is 2.62. The number of fused-ring (bicyclic) bond motifs is 1. The van der Waals surface area contributed by atoms with Gasteiger partial charge < -0.3 is 13.9 Å². The van der Waals surface area contributed by atoms with Crippen LogP contribution in [-0.4, -0.2) is 46.8 Å². The number of furan rings is 1. The van der Waals surface area contributed by atoms with Crippen LogP contribution >= 0.6 is 0 Å². The van der Waals surface area contributed by atoms with Crippen LogP contribution in [0.4, 0.5) is 0 Å². The van der Waals surface area contributed by atoms with Gasteiger partial charge in [0.15, 0.2) is 23.9 Å². The third kappa shape index (κ3) is 2.95. The maximum Gasteiger partial charge on any atom is 0.236 e. The molecule has 1 aromatic heterocycles. The highest BCUT2D eigenvalue weighted by Crippen LogP contribution is 2.33. The van der Waals surface area contributed by atoms with Gasteiger partial charge in [-0.05, 0) is 23.7 Å². The lowest BCUT2D eigenvalue weighted by Gasteiger charge is -2.14. The minimum Gasteiger partial charge on any atom is -0.493 e. The lowest BCUT2D eigenvalue weighted by atomic mass is 9.70. The van der Waals surface area contributed by atoms with Crippen molar-refractivity contribution in [3.8, 4) is 17.6 Å². The Morgan fingerprint density at radius 3 is 2.59 bits per heavy atom. The number of allylic oxidation sites excluding steroid dienone is 1. The Hall–Kier alpha value is -3.53. The summed E-state index contributed by atoms with van der Waals surface area (Å²) in [5, 5.41) is 8.60. The molecule has 0 saturated carbocycles. The van der Waals surface area contributed by atoms with Crippen molar-refractivity contribution in [2.45, 2.75) is 0 Å². The van der Waals surface area contributed by atoms with Crippen molar-refractivity contribution in [2.75, 3.05) is 13.7 Å². The molecule has 0 atom stereocenters. The first-order valence-corrected chi connectivity index (χ1v) is 7.59. The number of ether oxygens (including phenoxy) is 2. The molecule has 7 nitrogen and oxygen atoms in total. The molecule has 0 aliphatic heterocycles. The van der Waals surface area contributed by atoms with Crippen LogP contribution in [0.2, 0.25) is 0 Å². The number of benzene rings is 1. The fraction of sp³-hybridized carbons (Fsp3) is 0.111. The quantitative estimate of drug-likeness (QED) is 0.450. The number of hydrogen-bond acceptors (Lipinski definition) is 7. The zero-order chi connectivity index (χ0) is 19.7. The van der Waals surface area contributed by atoms with Crippen molar-refractivity contribution < 1.29 is 28.3 Å². The van der Waals surface area contributed by atoms with Gasteiger partial charge in [0.05, 0.1) is 18.2 Å². The molecular weight excluding hydrogens is 348 g/mol. The van der Waals surface area contributed by atoms with E-state index in [1.165, 1.54) is 25.3 Å². The molecule has 4 radical (unpaired) electrons. The van der Waals surface area contributed by atoms with Crippen molar-refractivity contribution >= 4 is 38.5 Å². The summed E-state index contributed by atoms with van der Waals surface area (Å²) in [7, 11) is 12.6. The average Bonchev–Trinajstić information content (AvgIpc) is 3.13. The Labute approximate surface area is 156 Å². The Morgan fingerprint density at radius 2 is 1.93 bits per heavy atom. The molecule has 1 aliphatic carbocycles. The number of carbonyl (C=O) groups excluding carboxylic acids is 3. The first-order valence-electron chi connectivity index (χ1n) is 7.59. The highest BCUT2D eigenvalue weighted by Gasteiger charge is 2.35. The maximum absolute atomic E-state index is 12.9. The molecule has 0 N–H and O–H groups in total. The van der Waals surface area contributed by atoms with Crippen molar-refractivity contribution in [2.24, 2.45) is 0 Å². The Kier molecular flexibility index (Phi) is 4.73. The third-order valence-electron chi connectivity index (χ3n) is 3.97. The van der Waals surface area contributed by atoms with Gasteiger partial charge >= 0.3 is 0 Å². The van der Waals surface area contributed by atoms with Gasteiger partial charge in [-0.15, -0.1) is 0 Å². The SMILES string of the molecule is [B]C1=C([B])c2occ(C(=O)c3ccc(OCC#N)c(OC)c3)c2C(=O)C1=O. The summed E-state index contributed by atoms with van der Waals surface area (Å²) in [5.74, 6) is -2.15. The molecule has 0 bridgehead atoms. The minimum atomic E-state index is -0.992. The Morgan fingerprint density at radius 1 is 1.19 bits per heavy atom. The van der Waals surface area contributed by atoms with Crippen LogP contribution in [0.1, 0.15) is 32.0 Å². The van der Waals surface area contributed by atoms with Crippen LogP contribution in [0.3, 0.4) is 0 Å². The number of rotatable bonds is 5. The second-order valence-corrected chi connectivity index (χ2v) is 5.48. The van der Waals surface area contributed by atoms with E-state index in [9.17, 15) is 14.4 Å². The van der Waals surface area contributed by atoms with Crippen LogP contribution in [-0.2, 0) is 4.79 Å². The summed E-state index contributed by atoms with van der Waals surface area (Å²) in [4.78, 5) is 37.1. The molecule has 2 aromatic rings. The largest absolute Gasteiger partial charge is 0.493 e. The predicted octanol–water partition coefficient (Wildman–Crippen LogP) is 1.19. The van der Waals surface area contributed by atoms with Crippen molar-refractivity contribution in [1.29, 1.82) is 5.26 Å². The summed E-state index contributed by atoms with van der Waals surface area (Å²) < 4.78 is 15.6. The number of carbonyl (C=O) groups is 3. The molecular formula is C18H9B2NO6. The topological polar surface area (TPSA) is 107 Å². The normalized spacial score (nSPS) is 13.2. The Balaban J connectivity index is 2.04. The van der Waals surface area contributed by atoms with Gasteiger partial charge in [-0.2, -0.15) is 5.26 Å². The molecule has 128 valence electrons. The van der Waals surface area contributed by atoms with Gasteiger partial charge in [0.25, 0.3) is 0 Å². The van der Waals surface area contributed by atoms with E-state index < -0.39 is 22.8 Å². The minimum absolute atomic E-state index is 0.110. The van der Waals surface area contributed by atoms with Crippen LogP contribution in [0.15, 0.2) is 34.4 Å². The van der Waals surface area contributed by atoms with E-state index in [1.54, 1.807) is 0 Å². The molecule has 0 saturated heterocycles. The molecule has 1 aliphatic rings. The molecule has 9 heteroatoms. The van der Waals surface area contributed by atoms with E-state index in [-0.39, 0.29) is 46.0 Å². The summed E-state index contributed by atoms with van der Waals surface area (Å²) in [6.45, 7) is -0.192. The molecule has 1 heterocycles. The van der Waals surface area contributed by atoms with Crippen LogP contribution in [0, 0.1) is 11.3 Å². The van der Waals surface area contributed by atoms with E-state index in [1.807, 2.05) is 6.07 Å². The molecule has 0 spiro atoms. The smallest absolute Gasteiger partial charge is 0.236 e. The van der Waals surface area contributed by atoms with E-state index >= 15 is 0 Å². The van der Waals surface area contributed by atoms with Crippen LogP contribution < -0.4 is 9.47 Å². The maximum atomic E-state index is 12.9. The number of methoxy groups -OCH3 is 1. The number of nitriles is 1. The molecule has 27 heavy (non-hydrogen) atoms. The van der Waals surface area contributed by atoms with E-state index in [2.05, 4.69) is 0 Å². The molecule has 0 unspecified atom stereocenters. The molecule has 0 fully saturated rings. The van der Waals surface area contributed by atoms with Gasteiger partial charge in [-0.1, -0.05) is 5.47 Å². The monoisotopic (exact) mass is 357 g/mol. The van der Waals surface area contributed by atoms with Crippen molar-refractivity contribution in [3.05, 3.63) is 52.4 Å². The molecule has 3 rings (SSSR count). The first kappa shape index (κ1) is 18.3. The van der Waals surface area contributed by atoms with Gasteiger partial charge in [-0.3, -0.25) is 14.4 Å². The number of nitrogens with zero attached hydrogens (tertiary/aromatic N) is 1. The molecule has 0 amide bonds. The number of ketones is 3. The standard InChI is InChI=1S/C18H9B2NO6/c1-25-11-6-8(2-3-10(11)26-5-4-21)15(22)9-7-27-18-12(9)16(23)17(24)13(19)14(18)20/h2-3,6-7H,5H2,1H3. The molecule has 1 aromatic carbocycles. The van der Waals surface area contributed by atoms with Gasteiger partial charge in [0.2, 0.25) is 11.6 Å². The van der Waals surface area contributed by atoms with Gasteiger partial charge in [-0.25, -0.2) is 0 Å². The number of hydrogen-bond donors (Lipinski definition) is 0. The van der Waals surface area contributed by atoms with Crippen molar-refractivity contribution in [1.82, 2.24) is 0 Å². The zero-order valence-electron chi connectivity index (χ0n) is 14.1. The summed E-state index contributed by atoms with van der Waals surface area (Å²) in [6, 6.07) is 6.09. The highest BCUT2D eigenvalue weighted by atomic mass is 16.5. The average molecular weight is 357 g/mol. The Bertz CT molecular complexity index is 1060. The number of Topliss-reactive ketones (excluding diaryl/α,β-unsaturated/α-hetero) is 2. The lowest BCUT2D eigenvalue weighted by Crippen LogP contribution is -2.25. The van der Waals surface area contributed by atoms with E-state index in [0.717, 1.165) is 6.26 Å². The fourth-order valence-electron chi connectivity index (χ4n) is 2.62.